The standard InChI is InChI=1S/C25H27F3N4O3S2.ClH/c1-24(2)13-21(18-5-3-16(25(26,27)28)11-20(18)15-7-9-29-10-8-15)19-6-4-17(12-22(19)35-24)37(33,34)32-23-31-30-14-36-23;/h3-6,11-12,14-15,21,29H,7-10,13H2,1-2H3,(H,31,32);1H. The Labute approximate surface area is 229 Å². The summed E-state index contributed by atoms with van der Waals surface area (Å²) in [5.41, 5.74) is 2.40. The molecule has 0 radical (unpaired) electrons. The van der Waals surface area contributed by atoms with Crippen LogP contribution >= 0.6 is 23.7 Å². The van der Waals surface area contributed by atoms with Gasteiger partial charge in [-0.3, -0.25) is 4.72 Å². The molecule has 1 unspecified atom stereocenters. The van der Waals surface area contributed by atoms with Crippen molar-refractivity contribution in [2.45, 2.75) is 61.6 Å². The minimum atomic E-state index is -4.43. The van der Waals surface area contributed by atoms with Gasteiger partial charge in [0.15, 0.2) is 0 Å². The molecule has 2 aliphatic rings. The lowest BCUT2D eigenvalue weighted by Gasteiger charge is -2.39. The van der Waals surface area contributed by atoms with Crippen molar-refractivity contribution < 1.29 is 26.3 Å². The topological polar surface area (TPSA) is 93.2 Å². The molecule has 0 aliphatic carbocycles. The first-order chi connectivity index (χ1) is 17.4. The normalized spacial score (nSPS) is 19.7. The van der Waals surface area contributed by atoms with Gasteiger partial charge in [-0.05, 0) is 81.4 Å². The lowest BCUT2D eigenvalue weighted by Crippen LogP contribution is -2.36. The zero-order chi connectivity index (χ0) is 26.4. The van der Waals surface area contributed by atoms with E-state index in [1.54, 1.807) is 12.1 Å². The van der Waals surface area contributed by atoms with E-state index >= 15 is 0 Å². The number of aromatic nitrogens is 2. The first-order valence-electron chi connectivity index (χ1n) is 12.0. The summed E-state index contributed by atoms with van der Waals surface area (Å²) in [5, 5.41) is 10.8. The largest absolute Gasteiger partial charge is 0.487 e. The van der Waals surface area contributed by atoms with E-state index in [2.05, 4.69) is 20.2 Å². The van der Waals surface area contributed by atoms with Crippen LogP contribution in [-0.2, 0) is 16.2 Å². The lowest BCUT2D eigenvalue weighted by molar-refractivity contribution is -0.137. The van der Waals surface area contributed by atoms with Crippen molar-refractivity contribution in [1.29, 1.82) is 0 Å². The summed E-state index contributed by atoms with van der Waals surface area (Å²) in [5.74, 6) is 0.153. The molecule has 38 heavy (non-hydrogen) atoms. The van der Waals surface area contributed by atoms with Crippen molar-refractivity contribution in [1.82, 2.24) is 15.5 Å². The molecule has 0 spiro atoms. The third-order valence-corrected chi connectivity index (χ3v) is 8.98. The smallest absolute Gasteiger partial charge is 0.416 e. The van der Waals surface area contributed by atoms with Gasteiger partial charge in [-0.2, -0.15) is 13.2 Å². The summed E-state index contributed by atoms with van der Waals surface area (Å²) in [6.07, 6.45) is -2.39. The van der Waals surface area contributed by atoms with Gasteiger partial charge in [0.1, 0.15) is 16.9 Å². The second kappa shape index (κ2) is 10.6. The van der Waals surface area contributed by atoms with Gasteiger partial charge >= 0.3 is 6.18 Å². The summed E-state index contributed by atoms with van der Waals surface area (Å²) >= 11 is 1.06. The predicted molar refractivity (Wildman–Crippen MR) is 142 cm³/mol. The minimum absolute atomic E-state index is 0. The maximum absolute atomic E-state index is 13.7. The van der Waals surface area contributed by atoms with Gasteiger partial charge in [0.25, 0.3) is 10.0 Å². The van der Waals surface area contributed by atoms with Gasteiger partial charge in [0.2, 0.25) is 5.13 Å². The molecule has 2 N–H and O–H groups in total. The second-order valence-electron chi connectivity index (χ2n) is 10.0. The summed E-state index contributed by atoms with van der Waals surface area (Å²) in [6, 6.07) is 8.71. The fourth-order valence-electron chi connectivity index (χ4n) is 5.22. The van der Waals surface area contributed by atoms with Crippen LogP contribution < -0.4 is 14.8 Å². The molecule has 0 bridgehead atoms. The van der Waals surface area contributed by atoms with Crippen LogP contribution in [-0.4, -0.2) is 37.3 Å². The van der Waals surface area contributed by atoms with E-state index in [0.29, 0.717) is 17.7 Å². The quantitative estimate of drug-likeness (QED) is 0.383. The van der Waals surface area contributed by atoms with Gasteiger partial charge in [0, 0.05) is 17.5 Å². The molecule has 1 fully saturated rings. The fourth-order valence-corrected chi connectivity index (χ4v) is 6.93. The number of alkyl halides is 3. The van der Waals surface area contributed by atoms with E-state index in [1.807, 2.05) is 13.8 Å². The van der Waals surface area contributed by atoms with Gasteiger partial charge < -0.3 is 10.1 Å². The average molecular weight is 589 g/mol. The number of sulfonamides is 1. The number of anilines is 1. The second-order valence-corrected chi connectivity index (χ2v) is 12.5. The van der Waals surface area contributed by atoms with Crippen LogP contribution in [0.4, 0.5) is 18.3 Å². The van der Waals surface area contributed by atoms with E-state index < -0.39 is 27.4 Å². The number of rotatable bonds is 5. The number of hydrogen-bond acceptors (Lipinski definition) is 7. The number of ether oxygens (including phenoxy) is 1. The molecule has 2 aliphatic heterocycles. The molecule has 3 aromatic rings. The fraction of sp³-hybridized carbons (Fsp3) is 0.440. The minimum Gasteiger partial charge on any atom is -0.487 e. The summed E-state index contributed by atoms with van der Waals surface area (Å²) in [7, 11) is -3.94. The Morgan fingerprint density at radius 2 is 1.79 bits per heavy atom. The van der Waals surface area contributed by atoms with Crippen LogP contribution in [0.2, 0.25) is 0 Å². The Bertz CT molecular complexity index is 1390. The maximum Gasteiger partial charge on any atom is 0.416 e. The Hall–Kier alpha value is -2.41. The molecule has 5 rings (SSSR count). The number of fused-ring (bicyclic) bond motifs is 1. The molecular weight excluding hydrogens is 561 g/mol. The lowest BCUT2D eigenvalue weighted by atomic mass is 9.75. The Morgan fingerprint density at radius 3 is 2.45 bits per heavy atom. The van der Waals surface area contributed by atoms with Crippen molar-refractivity contribution in [3.05, 3.63) is 64.2 Å². The highest BCUT2D eigenvalue weighted by molar-refractivity contribution is 7.93. The summed E-state index contributed by atoms with van der Waals surface area (Å²) < 4.78 is 75.5. The number of nitrogens with one attached hydrogen (secondary N) is 2. The van der Waals surface area contributed by atoms with Gasteiger partial charge in [-0.1, -0.05) is 23.5 Å². The van der Waals surface area contributed by atoms with Crippen molar-refractivity contribution in [2.75, 3.05) is 17.8 Å². The molecule has 13 heteroatoms. The van der Waals surface area contributed by atoms with Crippen molar-refractivity contribution in [2.24, 2.45) is 0 Å². The van der Waals surface area contributed by atoms with Crippen LogP contribution in [0.15, 0.2) is 46.8 Å². The third-order valence-electron chi connectivity index (χ3n) is 6.90. The van der Waals surface area contributed by atoms with Crippen LogP contribution in [0.1, 0.15) is 67.2 Å². The number of benzene rings is 2. The van der Waals surface area contributed by atoms with E-state index in [9.17, 15) is 21.6 Å². The van der Waals surface area contributed by atoms with Gasteiger partial charge in [0.05, 0.1) is 10.5 Å². The van der Waals surface area contributed by atoms with Crippen LogP contribution in [0.3, 0.4) is 0 Å². The van der Waals surface area contributed by atoms with Gasteiger partial charge in [-0.25, -0.2) is 8.42 Å². The summed E-state index contributed by atoms with van der Waals surface area (Å²) in [4.78, 5) is 0.00361. The number of piperidine rings is 1. The first kappa shape index (κ1) is 28.6. The molecule has 0 saturated carbocycles. The predicted octanol–water partition coefficient (Wildman–Crippen LogP) is 5.94. The highest BCUT2D eigenvalue weighted by Gasteiger charge is 2.39. The molecule has 3 heterocycles. The van der Waals surface area contributed by atoms with E-state index in [1.165, 1.54) is 23.7 Å². The van der Waals surface area contributed by atoms with E-state index in [-0.39, 0.29) is 34.3 Å². The first-order valence-corrected chi connectivity index (χ1v) is 14.3. The zero-order valence-electron chi connectivity index (χ0n) is 20.7. The van der Waals surface area contributed by atoms with E-state index in [4.69, 9.17) is 4.74 Å². The number of hydrogen-bond donors (Lipinski definition) is 2. The highest BCUT2D eigenvalue weighted by Crippen LogP contribution is 2.48. The van der Waals surface area contributed by atoms with Crippen molar-refractivity contribution in [3.63, 3.8) is 0 Å². The highest BCUT2D eigenvalue weighted by atomic mass is 35.5. The Balaban J connectivity index is 0.00000336. The van der Waals surface area contributed by atoms with E-state index in [0.717, 1.165) is 54.5 Å². The van der Waals surface area contributed by atoms with Crippen molar-refractivity contribution >= 4 is 38.9 Å². The van der Waals surface area contributed by atoms with Crippen LogP contribution in [0, 0.1) is 0 Å². The van der Waals surface area contributed by atoms with Gasteiger partial charge in [-0.15, -0.1) is 22.6 Å². The monoisotopic (exact) mass is 588 g/mol. The number of nitrogens with zero attached hydrogens (tertiary/aromatic N) is 2. The molecule has 206 valence electrons. The SMILES string of the molecule is CC1(C)CC(c2ccc(C(F)(F)F)cc2C2CCNCC2)c2ccc(S(=O)(=O)Nc3nncs3)cc2O1.Cl. The maximum atomic E-state index is 13.7. The van der Waals surface area contributed by atoms with Crippen LogP contribution in [0.5, 0.6) is 5.75 Å². The summed E-state index contributed by atoms with van der Waals surface area (Å²) in [6.45, 7) is 5.30. The molecule has 1 saturated heterocycles. The van der Waals surface area contributed by atoms with Crippen LogP contribution in [0.25, 0.3) is 0 Å². The zero-order valence-corrected chi connectivity index (χ0v) is 23.2. The molecule has 1 atom stereocenters. The van der Waals surface area contributed by atoms with Crippen molar-refractivity contribution in [3.8, 4) is 5.75 Å². The molecule has 2 aromatic carbocycles. The Kier molecular flexibility index (Phi) is 8.00. The third kappa shape index (κ3) is 5.93. The Morgan fingerprint density at radius 1 is 1.08 bits per heavy atom. The number of halogens is 4. The molecule has 0 amide bonds. The molecule has 1 aromatic heterocycles. The molecule has 7 nitrogen and oxygen atoms in total. The average Bonchev–Trinajstić information content (AvgIpc) is 3.34. The molecular formula is C25H28ClF3N4O3S2.